The van der Waals surface area contributed by atoms with Crippen LogP contribution in [0.25, 0.3) is 0 Å². The van der Waals surface area contributed by atoms with Crippen LogP contribution in [-0.4, -0.2) is 56.0 Å². The Labute approximate surface area is 134 Å². The number of amides is 1. The van der Waals surface area contributed by atoms with Crippen molar-refractivity contribution in [3.63, 3.8) is 0 Å². The van der Waals surface area contributed by atoms with Crippen molar-refractivity contribution in [3.05, 3.63) is 11.6 Å². The first-order valence-electron chi connectivity index (χ1n) is 7.94. The van der Waals surface area contributed by atoms with E-state index < -0.39 is 10.0 Å². The van der Waals surface area contributed by atoms with Crippen LogP contribution in [0.1, 0.15) is 34.1 Å². The van der Waals surface area contributed by atoms with Gasteiger partial charge in [-0.25, -0.2) is 12.7 Å². The molecular weight excluding hydrogens is 300 g/mol. The van der Waals surface area contributed by atoms with E-state index in [-0.39, 0.29) is 17.2 Å². The standard InChI is InChI=1S/C16H28N2O3S/c1-12(2)11-13-14(16(13,3)4)15(19)17-7-6-8-18(10-9-17)22(5,20)21/h11,13-14H,6-10H2,1-5H3/t13-,14-/m1/s1. The van der Waals surface area contributed by atoms with Crippen molar-refractivity contribution < 1.29 is 13.2 Å². The molecule has 1 aliphatic heterocycles. The summed E-state index contributed by atoms with van der Waals surface area (Å²) in [4.78, 5) is 14.7. The topological polar surface area (TPSA) is 57.7 Å². The van der Waals surface area contributed by atoms with E-state index in [0.29, 0.717) is 38.5 Å². The molecule has 22 heavy (non-hydrogen) atoms. The highest BCUT2D eigenvalue weighted by molar-refractivity contribution is 7.88. The second-order valence-electron chi connectivity index (χ2n) is 7.41. The average molecular weight is 328 g/mol. The maximum atomic E-state index is 12.8. The summed E-state index contributed by atoms with van der Waals surface area (Å²) >= 11 is 0. The molecule has 0 unspecified atom stereocenters. The normalized spacial score (nSPS) is 28.9. The number of allylic oxidation sites excluding steroid dienone is 2. The Morgan fingerprint density at radius 1 is 1.14 bits per heavy atom. The van der Waals surface area contributed by atoms with E-state index in [0.717, 1.165) is 0 Å². The number of rotatable bonds is 3. The molecule has 2 fully saturated rings. The minimum absolute atomic E-state index is 0.0111. The second-order valence-corrected chi connectivity index (χ2v) is 9.39. The maximum absolute atomic E-state index is 12.8. The van der Waals surface area contributed by atoms with Gasteiger partial charge >= 0.3 is 0 Å². The lowest BCUT2D eigenvalue weighted by atomic mass is 10.1. The Kier molecular flexibility index (Phi) is 4.74. The Morgan fingerprint density at radius 3 is 2.32 bits per heavy atom. The monoisotopic (exact) mass is 328 g/mol. The third-order valence-corrected chi connectivity index (χ3v) is 6.23. The molecule has 0 bridgehead atoms. The van der Waals surface area contributed by atoms with Gasteiger partial charge in [0.15, 0.2) is 0 Å². The first-order valence-corrected chi connectivity index (χ1v) is 9.79. The lowest BCUT2D eigenvalue weighted by molar-refractivity contribution is -0.133. The predicted octanol–water partition coefficient (Wildman–Crippen LogP) is 1.72. The number of hydrogen-bond donors (Lipinski definition) is 0. The minimum Gasteiger partial charge on any atom is -0.341 e. The molecule has 0 spiro atoms. The van der Waals surface area contributed by atoms with Crippen LogP contribution in [0.3, 0.4) is 0 Å². The van der Waals surface area contributed by atoms with Crippen LogP contribution in [0, 0.1) is 17.3 Å². The summed E-state index contributed by atoms with van der Waals surface area (Å²) in [6, 6.07) is 0. The molecule has 2 atom stereocenters. The van der Waals surface area contributed by atoms with Crippen molar-refractivity contribution >= 4 is 15.9 Å². The van der Waals surface area contributed by atoms with Crippen LogP contribution in [0.4, 0.5) is 0 Å². The van der Waals surface area contributed by atoms with Crippen LogP contribution in [0.15, 0.2) is 11.6 Å². The molecule has 0 radical (unpaired) electrons. The minimum atomic E-state index is -3.17. The summed E-state index contributed by atoms with van der Waals surface area (Å²) in [7, 11) is -3.17. The first-order chi connectivity index (χ1) is 10.0. The van der Waals surface area contributed by atoms with Gasteiger partial charge in [0.05, 0.1) is 12.2 Å². The molecule has 1 saturated carbocycles. The van der Waals surface area contributed by atoms with E-state index in [2.05, 4.69) is 33.8 Å². The zero-order chi connectivity index (χ0) is 16.7. The first kappa shape index (κ1) is 17.5. The quantitative estimate of drug-likeness (QED) is 0.741. The number of nitrogens with zero attached hydrogens (tertiary/aromatic N) is 2. The second kappa shape index (κ2) is 5.96. The molecule has 1 heterocycles. The van der Waals surface area contributed by atoms with Crippen LogP contribution in [0.2, 0.25) is 0 Å². The zero-order valence-electron chi connectivity index (χ0n) is 14.3. The molecular formula is C16H28N2O3S. The fourth-order valence-electron chi connectivity index (χ4n) is 3.46. The Balaban J connectivity index is 2.04. The highest BCUT2D eigenvalue weighted by Crippen LogP contribution is 2.60. The van der Waals surface area contributed by atoms with Gasteiger partial charge in [-0.3, -0.25) is 4.79 Å². The van der Waals surface area contributed by atoms with Crippen molar-refractivity contribution in [2.24, 2.45) is 17.3 Å². The molecule has 2 aliphatic rings. The van der Waals surface area contributed by atoms with Crippen molar-refractivity contribution in [1.29, 1.82) is 0 Å². The summed E-state index contributed by atoms with van der Waals surface area (Å²) in [5, 5.41) is 0. The Morgan fingerprint density at radius 2 is 1.77 bits per heavy atom. The fraction of sp³-hybridized carbons (Fsp3) is 0.812. The predicted molar refractivity (Wildman–Crippen MR) is 87.8 cm³/mol. The number of carbonyl (C=O) groups is 1. The van der Waals surface area contributed by atoms with Crippen molar-refractivity contribution in [2.75, 3.05) is 32.4 Å². The maximum Gasteiger partial charge on any atom is 0.226 e. The number of hydrogen-bond acceptors (Lipinski definition) is 3. The summed E-state index contributed by atoms with van der Waals surface area (Å²) in [6.07, 6.45) is 4.14. The van der Waals surface area contributed by atoms with Crippen LogP contribution in [0.5, 0.6) is 0 Å². The van der Waals surface area contributed by atoms with E-state index in [1.165, 1.54) is 16.1 Å². The van der Waals surface area contributed by atoms with Gasteiger partial charge in [-0.15, -0.1) is 0 Å². The molecule has 126 valence electrons. The van der Waals surface area contributed by atoms with Gasteiger partial charge in [-0.05, 0) is 31.6 Å². The van der Waals surface area contributed by atoms with Crippen LogP contribution >= 0.6 is 0 Å². The van der Waals surface area contributed by atoms with Crippen molar-refractivity contribution in [3.8, 4) is 0 Å². The van der Waals surface area contributed by atoms with Gasteiger partial charge in [0.1, 0.15) is 0 Å². The Hall–Kier alpha value is -0.880. The molecule has 6 heteroatoms. The Bertz CT molecular complexity index is 576. The van der Waals surface area contributed by atoms with Gasteiger partial charge in [-0.2, -0.15) is 0 Å². The van der Waals surface area contributed by atoms with Crippen molar-refractivity contribution in [2.45, 2.75) is 34.1 Å². The van der Waals surface area contributed by atoms with Gasteiger partial charge in [-0.1, -0.05) is 25.5 Å². The van der Waals surface area contributed by atoms with Gasteiger partial charge in [0, 0.05) is 26.2 Å². The zero-order valence-corrected chi connectivity index (χ0v) is 15.1. The van der Waals surface area contributed by atoms with Gasteiger partial charge in [0.25, 0.3) is 0 Å². The molecule has 2 rings (SSSR count). The molecule has 1 saturated heterocycles. The highest BCUT2D eigenvalue weighted by atomic mass is 32.2. The fourth-order valence-corrected chi connectivity index (χ4v) is 4.34. The lowest BCUT2D eigenvalue weighted by Crippen LogP contribution is -2.38. The smallest absolute Gasteiger partial charge is 0.226 e. The van der Waals surface area contributed by atoms with E-state index in [9.17, 15) is 13.2 Å². The molecule has 1 amide bonds. The van der Waals surface area contributed by atoms with E-state index in [1.807, 2.05) is 4.90 Å². The molecule has 1 aliphatic carbocycles. The highest BCUT2D eigenvalue weighted by Gasteiger charge is 2.61. The van der Waals surface area contributed by atoms with E-state index >= 15 is 0 Å². The molecule has 0 aromatic heterocycles. The number of sulfonamides is 1. The van der Waals surface area contributed by atoms with Gasteiger partial charge in [0.2, 0.25) is 15.9 Å². The molecule has 0 aromatic rings. The summed E-state index contributed by atoms with van der Waals surface area (Å²) < 4.78 is 24.8. The van der Waals surface area contributed by atoms with Crippen LogP contribution in [-0.2, 0) is 14.8 Å². The lowest BCUT2D eigenvalue weighted by Gasteiger charge is -2.21. The largest absolute Gasteiger partial charge is 0.341 e. The third-order valence-electron chi connectivity index (χ3n) is 4.93. The summed E-state index contributed by atoms with van der Waals surface area (Å²) in [5.74, 6) is 0.522. The average Bonchev–Trinajstić information content (AvgIpc) is 2.98. The van der Waals surface area contributed by atoms with E-state index in [4.69, 9.17) is 0 Å². The summed E-state index contributed by atoms with van der Waals surface area (Å²) in [5.41, 5.74) is 1.25. The molecule has 0 N–H and O–H groups in total. The molecule has 5 nitrogen and oxygen atoms in total. The van der Waals surface area contributed by atoms with Crippen molar-refractivity contribution in [1.82, 2.24) is 9.21 Å². The third kappa shape index (κ3) is 3.54. The molecule has 0 aromatic carbocycles. The van der Waals surface area contributed by atoms with Gasteiger partial charge < -0.3 is 4.90 Å². The summed E-state index contributed by atoms with van der Waals surface area (Å²) in [6.45, 7) is 10.5. The van der Waals surface area contributed by atoms with Crippen LogP contribution < -0.4 is 0 Å². The van der Waals surface area contributed by atoms with E-state index in [1.54, 1.807) is 0 Å². The number of carbonyl (C=O) groups excluding carboxylic acids is 1. The SMILES string of the molecule is CC(C)=C[C@@H]1[C@H](C(=O)N2CCCN(S(C)(=O)=O)CC2)C1(C)C.